The SMILES string of the molecule is COc1cc(C)c(Cl)cc1CN(C)CN. The highest BCUT2D eigenvalue weighted by atomic mass is 35.5. The Morgan fingerprint density at radius 2 is 2.13 bits per heavy atom. The van der Waals surface area contributed by atoms with E-state index in [1.54, 1.807) is 7.11 Å². The molecule has 1 rings (SSSR count). The third-order valence-electron chi connectivity index (χ3n) is 2.31. The smallest absolute Gasteiger partial charge is 0.123 e. The molecule has 0 radical (unpaired) electrons. The summed E-state index contributed by atoms with van der Waals surface area (Å²) in [5, 5.41) is 0.760. The maximum absolute atomic E-state index is 6.06. The number of halogens is 1. The molecular formula is C11H17ClN2O. The van der Waals surface area contributed by atoms with Gasteiger partial charge in [-0.15, -0.1) is 0 Å². The summed E-state index contributed by atoms with van der Waals surface area (Å²) in [7, 11) is 3.61. The summed E-state index contributed by atoms with van der Waals surface area (Å²) in [6.07, 6.45) is 0. The van der Waals surface area contributed by atoms with Crippen LogP contribution in [0.15, 0.2) is 12.1 Å². The van der Waals surface area contributed by atoms with Crippen molar-refractivity contribution in [2.75, 3.05) is 20.8 Å². The van der Waals surface area contributed by atoms with Crippen LogP contribution in [0.4, 0.5) is 0 Å². The molecule has 0 aliphatic heterocycles. The molecule has 0 aliphatic carbocycles. The van der Waals surface area contributed by atoms with Crippen molar-refractivity contribution in [3.05, 3.63) is 28.3 Å². The number of aryl methyl sites for hydroxylation is 1. The van der Waals surface area contributed by atoms with Crippen molar-refractivity contribution in [1.82, 2.24) is 4.90 Å². The van der Waals surface area contributed by atoms with Crippen molar-refractivity contribution in [3.63, 3.8) is 0 Å². The van der Waals surface area contributed by atoms with Crippen LogP contribution in [0.3, 0.4) is 0 Å². The number of methoxy groups -OCH3 is 1. The van der Waals surface area contributed by atoms with Crippen molar-refractivity contribution in [2.45, 2.75) is 13.5 Å². The van der Waals surface area contributed by atoms with Crippen LogP contribution in [0.25, 0.3) is 0 Å². The van der Waals surface area contributed by atoms with E-state index in [2.05, 4.69) is 0 Å². The summed E-state index contributed by atoms with van der Waals surface area (Å²) in [6.45, 7) is 3.20. The van der Waals surface area contributed by atoms with Gasteiger partial charge in [-0.3, -0.25) is 4.90 Å². The molecule has 0 spiro atoms. The van der Waals surface area contributed by atoms with Gasteiger partial charge in [-0.1, -0.05) is 11.6 Å². The molecule has 1 aromatic carbocycles. The van der Waals surface area contributed by atoms with Crippen molar-refractivity contribution in [1.29, 1.82) is 0 Å². The van der Waals surface area contributed by atoms with Gasteiger partial charge in [0, 0.05) is 23.8 Å². The molecule has 1 aromatic rings. The quantitative estimate of drug-likeness (QED) is 0.802. The van der Waals surface area contributed by atoms with Crippen molar-refractivity contribution in [3.8, 4) is 5.75 Å². The predicted molar refractivity (Wildman–Crippen MR) is 63.3 cm³/mol. The molecule has 0 heterocycles. The Hall–Kier alpha value is -0.770. The fourth-order valence-corrected chi connectivity index (χ4v) is 1.55. The minimum absolute atomic E-state index is 0.509. The van der Waals surface area contributed by atoms with Crippen LogP contribution in [-0.4, -0.2) is 25.7 Å². The lowest BCUT2D eigenvalue weighted by molar-refractivity contribution is 0.326. The molecule has 0 fully saturated rings. The Morgan fingerprint density at radius 3 is 2.67 bits per heavy atom. The normalized spacial score (nSPS) is 10.8. The van der Waals surface area contributed by atoms with Crippen molar-refractivity contribution >= 4 is 11.6 Å². The second-order valence-corrected chi connectivity index (χ2v) is 4.02. The molecule has 0 bridgehead atoms. The summed E-state index contributed by atoms with van der Waals surface area (Å²) in [5.41, 5.74) is 7.61. The zero-order valence-corrected chi connectivity index (χ0v) is 10.1. The van der Waals surface area contributed by atoms with Crippen LogP contribution >= 0.6 is 11.6 Å². The zero-order valence-electron chi connectivity index (χ0n) is 9.38. The van der Waals surface area contributed by atoms with E-state index in [1.807, 2.05) is 31.0 Å². The fourth-order valence-electron chi connectivity index (χ4n) is 1.37. The van der Waals surface area contributed by atoms with Crippen LogP contribution in [0, 0.1) is 6.92 Å². The lowest BCUT2D eigenvalue weighted by Crippen LogP contribution is -2.25. The number of nitrogens with zero attached hydrogens (tertiary/aromatic N) is 1. The molecule has 0 unspecified atom stereocenters. The first-order chi connectivity index (χ1) is 7.08. The van der Waals surface area contributed by atoms with E-state index < -0.39 is 0 Å². The fraction of sp³-hybridized carbons (Fsp3) is 0.455. The van der Waals surface area contributed by atoms with Gasteiger partial charge in [-0.05, 0) is 31.7 Å². The maximum atomic E-state index is 6.06. The van der Waals surface area contributed by atoms with E-state index in [0.29, 0.717) is 6.67 Å². The Kier molecular flexibility index (Phi) is 4.39. The van der Waals surface area contributed by atoms with Crippen molar-refractivity contribution < 1.29 is 4.74 Å². The molecule has 0 aliphatic rings. The number of nitrogens with two attached hydrogens (primary N) is 1. The molecule has 15 heavy (non-hydrogen) atoms. The van der Waals surface area contributed by atoms with Gasteiger partial charge in [-0.25, -0.2) is 0 Å². The largest absolute Gasteiger partial charge is 0.496 e. The number of rotatable bonds is 4. The summed E-state index contributed by atoms with van der Waals surface area (Å²) in [6, 6.07) is 3.88. The minimum Gasteiger partial charge on any atom is -0.496 e. The number of hydrogen-bond donors (Lipinski definition) is 1. The van der Waals surface area contributed by atoms with Gasteiger partial charge < -0.3 is 10.5 Å². The average Bonchev–Trinajstić information content (AvgIpc) is 2.22. The second-order valence-electron chi connectivity index (χ2n) is 3.61. The van der Waals surface area contributed by atoms with E-state index in [1.165, 1.54) is 0 Å². The molecule has 0 saturated heterocycles. The topological polar surface area (TPSA) is 38.5 Å². The molecule has 0 atom stereocenters. The van der Waals surface area contributed by atoms with Gasteiger partial charge in [0.2, 0.25) is 0 Å². The lowest BCUT2D eigenvalue weighted by atomic mass is 10.1. The third-order valence-corrected chi connectivity index (χ3v) is 2.72. The summed E-state index contributed by atoms with van der Waals surface area (Å²) < 4.78 is 5.30. The second kappa shape index (κ2) is 5.35. The molecular weight excluding hydrogens is 212 g/mol. The third kappa shape index (κ3) is 3.09. The molecule has 0 amide bonds. The standard InChI is InChI=1S/C11H17ClN2O/c1-8-4-11(15-3)9(5-10(8)12)6-14(2)7-13/h4-5H,6-7,13H2,1-3H3. The highest BCUT2D eigenvalue weighted by Gasteiger charge is 2.08. The maximum Gasteiger partial charge on any atom is 0.123 e. The molecule has 0 saturated carbocycles. The van der Waals surface area contributed by atoms with Gasteiger partial charge in [0.1, 0.15) is 5.75 Å². The number of benzene rings is 1. The average molecular weight is 229 g/mol. The Bertz CT molecular complexity index is 342. The highest BCUT2D eigenvalue weighted by Crippen LogP contribution is 2.27. The van der Waals surface area contributed by atoms with Crippen LogP contribution < -0.4 is 10.5 Å². The van der Waals surface area contributed by atoms with E-state index in [9.17, 15) is 0 Å². The van der Waals surface area contributed by atoms with Gasteiger partial charge in [0.15, 0.2) is 0 Å². The van der Waals surface area contributed by atoms with Crippen LogP contribution in [0.1, 0.15) is 11.1 Å². The van der Waals surface area contributed by atoms with Crippen molar-refractivity contribution in [2.24, 2.45) is 5.73 Å². The monoisotopic (exact) mass is 228 g/mol. The number of ether oxygens (including phenoxy) is 1. The summed E-state index contributed by atoms with van der Waals surface area (Å²) in [5.74, 6) is 0.859. The summed E-state index contributed by atoms with van der Waals surface area (Å²) >= 11 is 6.06. The van der Waals surface area contributed by atoms with E-state index in [0.717, 1.165) is 28.4 Å². The van der Waals surface area contributed by atoms with E-state index in [-0.39, 0.29) is 0 Å². The minimum atomic E-state index is 0.509. The molecule has 3 nitrogen and oxygen atoms in total. The van der Waals surface area contributed by atoms with E-state index >= 15 is 0 Å². The lowest BCUT2D eigenvalue weighted by Gasteiger charge is -2.17. The number of hydrogen-bond acceptors (Lipinski definition) is 3. The molecule has 4 heteroatoms. The Morgan fingerprint density at radius 1 is 1.47 bits per heavy atom. The molecule has 0 aromatic heterocycles. The first-order valence-electron chi connectivity index (χ1n) is 4.80. The first-order valence-corrected chi connectivity index (χ1v) is 5.18. The highest BCUT2D eigenvalue weighted by molar-refractivity contribution is 6.31. The first kappa shape index (κ1) is 12.3. The summed E-state index contributed by atoms with van der Waals surface area (Å²) in [4.78, 5) is 1.99. The van der Waals surface area contributed by atoms with Gasteiger partial charge in [0.25, 0.3) is 0 Å². The zero-order chi connectivity index (χ0) is 11.4. The Balaban J connectivity index is 2.99. The Labute approximate surface area is 95.8 Å². The van der Waals surface area contributed by atoms with Crippen LogP contribution in [0.5, 0.6) is 5.75 Å². The van der Waals surface area contributed by atoms with E-state index in [4.69, 9.17) is 22.1 Å². The van der Waals surface area contributed by atoms with Gasteiger partial charge >= 0.3 is 0 Å². The molecule has 2 N–H and O–H groups in total. The molecule has 84 valence electrons. The van der Waals surface area contributed by atoms with Crippen LogP contribution in [0.2, 0.25) is 5.02 Å². The van der Waals surface area contributed by atoms with Gasteiger partial charge in [-0.2, -0.15) is 0 Å². The predicted octanol–water partition coefficient (Wildman–Crippen LogP) is 2.01. The van der Waals surface area contributed by atoms with Crippen LogP contribution in [-0.2, 0) is 6.54 Å². The van der Waals surface area contributed by atoms with Gasteiger partial charge in [0.05, 0.1) is 7.11 Å².